The Kier molecular flexibility index (Phi) is 6.69. The van der Waals surface area contributed by atoms with Gasteiger partial charge in [-0.25, -0.2) is 12.7 Å². The molecule has 1 aromatic heterocycles. The number of halogens is 1. The van der Waals surface area contributed by atoms with E-state index in [-0.39, 0.29) is 28.4 Å². The van der Waals surface area contributed by atoms with Gasteiger partial charge in [0.15, 0.2) is 0 Å². The van der Waals surface area contributed by atoms with Crippen molar-refractivity contribution < 1.29 is 13.2 Å². The summed E-state index contributed by atoms with van der Waals surface area (Å²) < 4.78 is 26.1. The monoisotopic (exact) mass is 489 g/mol. The molecule has 1 atom stereocenters. The molecule has 2 heterocycles. The Labute approximate surface area is 197 Å². The maximum Gasteiger partial charge on any atom is 0.244 e. The van der Waals surface area contributed by atoms with Crippen LogP contribution in [0.4, 0.5) is 5.69 Å². The lowest BCUT2D eigenvalue weighted by atomic mass is 9.93. The van der Waals surface area contributed by atoms with Crippen molar-refractivity contribution in [3.63, 3.8) is 0 Å². The molecule has 1 N–H and O–H groups in total. The number of amides is 1. The summed E-state index contributed by atoms with van der Waals surface area (Å²) in [7, 11) is -0.844. The number of hydrogen-bond donors (Lipinski definition) is 1. The van der Waals surface area contributed by atoms with Gasteiger partial charge in [-0.1, -0.05) is 41.9 Å². The molecule has 1 amide bonds. The Bertz CT molecular complexity index is 1230. The third-order valence-corrected chi connectivity index (χ3v) is 8.79. The lowest BCUT2D eigenvalue weighted by molar-refractivity contribution is -0.117. The number of rotatable bonds is 6. The van der Waals surface area contributed by atoms with Crippen LogP contribution in [0.1, 0.15) is 22.0 Å². The van der Waals surface area contributed by atoms with Gasteiger partial charge in [0.05, 0.1) is 17.6 Å². The summed E-state index contributed by atoms with van der Waals surface area (Å²) in [5, 5.41) is 5.05. The molecular formula is C23H24ClN3O3S2. The van der Waals surface area contributed by atoms with Gasteiger partial charge < -0.3 is 5.32 Å². The van der Waals surface area contributed by atoms with E-state index in [4.69, 9.17) is 11.6 Å². The fourth-order valence-electron chi connectivity index (χ4n) is 3.92. The second kappa shape index (κ2) is 9.33. The molecule has 2 aromatic carbocycles. The summed E-state index contributed by atoms with van der Waals surface area (Å²) >= 11 is 7.87. The number of thiophene rings is 1. The Hall–Kier alpha value is -2.23. The van der Waals surface area contributed by atoms with Gasteiger partial charge in [-0.05, 0) is 47.2 Å². The lowest BCUT2D eigenvalue weighted by Gasteiger charge is -2.35. The molecule has 0 spiro atoms. The average Bonchev–Trinajstić information content (AvgIpc) is 3.24. The summed E-state index contributed by atoms with van der Waals surface area (Å²) in [6.45, 7) is 0.953. The van der Waals surface area contributed by atoms with Crippen LogP contribution in [0.25, 0.3) is 0 Å². The normalized spacial score (nSPS) is 16.7. The molecule has 3 aromatic rings. The maximum atomic E-state index is 12.9. The number of hydrogen-bond acceptors (Lipinski definition) is 5. The molecule has 0 aliphatic carbocycles. The number of carbonyl (C=O) groups excluding carboxylic acids is 1. The SMILES string of the molecule is CN(C)S(=O)(=O)c1cc(NC(=O)CN2CCc3sccc3[C@H]2c2ccccc2)ccc1Cl. The number of benzene rings is 2. The molecule has 0 saturated carbocycles. The van der Waals surface area contributed by atoms with E-state index >= 15 is 0 Å². The van der Waals surface area contributed by atoms with Crippen molar-refractivity contribution in [1.29, 1.82) is 0 Å². The van der Waals surface area contributed by atoms with Gasteiger partial charge in [0, 0.05) is 31.2 Å². The van der Waals surface area contributed by atoms with Crippen LogP contribution in [0.15, 0.2) is 64.9 Å². The van der Waals surface area contributed by atoms with Gasteiger partial charge in [-0.2, -0.15) is 0 Å². The third-order valence-electron chi connectivity index (χ3n) is 5.50. The fraction of sp³-hybridized carbons (Fsp3) is 0.261. The van der Waals surface area contributed by atoms with E-state index in [0.29, 0.717) is 5.69 Å². The first-order valence-corrected chi connectivity index (χ1v) is 12.8. The predicted molar refractivity (Wildman–Crippen MR) is 129 cm³/mol. The minimum absolute atomic E-state index is 0.00634. The summed E-state index contributed by atoms with van der Waals surface area (Å²) in [6.07, 6.45) is 0.899. The van der Waals surface area contributed by atoms with Crippen LogP contribution in [-0.2, 0) is 21.2 Å². The van der Waals surface area contributed by atoms with Gasteiger partial charge in [-0.3, -0.25) is 9.69 Å². The Morgan fingerprint density at radius 2 is 1.94 bits per heavy atom. The quantitative estimate of drug-likeness (QED) is 0.562. The van der Waals surface area contributed by atoms with Crippen LogP contribution >= 0.6 is 22.9 Å². The van der Waals surface area contributed by atoms with Crippen molar-refractivity contribution in [2.45, 2.75) is 17.4 Å². The molecule has 4 rings (SSSR count). The van der Waals surface area contributed by atoms with Gasteiger partial charge in [0.1, 0.15) is 4.90 Å². The first-order valence-electron chi connectivity index (χ1n) is 10.1. The molecule has 32 heavy (non-hydrogen) atoms. The Morgan fingerprint density at radius 3 is 2.66 bits per heavy atom. The maximum absolute atomic E-state index is 12.9. The number of fused-ring (bicyclic) bond motifs is 1. The van der Waals surface area contributed by atoms with E-state index in [9.17, 15) is 13.2 Å². The molecule has 6 nitrogen and oxygen atoms in total. The minimum atomic E-state index is -3.72. The molecule has 0 radical (unpaired) electrons. The number of sulfonamides is 1. The van der Waals surface area contributed by atoms with Crippen molar-refractivity contribution in [1.82, 2.24) is 9.21 Å². The first kappa shape index (κ1) is 22.9. The van der Waals surface area contributed by atoms with Gasteiger partial charge in [0.25, 0.3) is 0 Å². The smallest absolute Gasteiger partial charge is 0.244 e. The zero-order chi connectivity index (χ0) is 22.9. The van der Waals surface area contributed by atoms with E-state index in [2.05, 4.69) is 33.8 Å². The zero-order valence-corrected chi connectivity index (χ0v) is 20.2. The molecule has 0 unspecified atom stereocenters. The largest absolute Gasteiger partial charge is 0.325 e. The molecule has 168 valence electrons. The van der Waals surface area contributed by atoms with Crippen LogP contribution in [0.3, 0.4) is 0 Å². The van der Waals surface area contributed by atoms with Crippen LogP contribution in [0.2, 0.25) is 5.02 Å². The van der Waals surface area contributed by atoms with Crippen LogP contribution < -0.4 is 5.32 Å². The van der Waals surface area contributed by atoms with E-state index in [1.807, 2.05) is 18.2 Å². The standard InChI is InChI=1S/C23H24ClN3O3S2/c1-26(2)32(29,30)21-14-17(8-9-19(21)24)25-22(28)15-27-12-10-20-18(11-13-31-20)23(27)16-6-4-3-5-7-16/h3-9,11,13-14,23H,10,12,15H2,1-2H3,(H,25,28)/t23-/m1/s1. The summed E-state index contributed by atoms with van der Waals surface area (Å²) in [6, 6.07) is 16.8. The van der Waals surface area contributed by atoms with Crippen molar-refractivity contribution in [2.24, 2.45) is 0 Å². The van der Waals surface area contributed by atoms with Crippen LogP contribution in [0, 0.1) is 0 Å². The van der Waals surface area contributed by atoms with Crippen molar-refractivity contribution in [2.75, 3.05) is 32.5 Å². The van der Waals surface area contributed by atoms with Gasteiger partial charge in [-0.15, -0.1) is 11.3 Å². The predicted octanol–water partition coefficient (Wildman–Crippen LogP) is 4.24. The second-order valence-corrected chi connectivity index (χ2v) is 11.3. The highest BCUT2D eigenvalue weighted by Gasteiger charge is 2.31. The van der Waals surface area contributed by atoms with Gasteiger partial charge >= 0.3 is 0 Å². The van der Waals surface area contributed by atoms with Gasteiger partial charge in [0.2, 0.25) is 15.9 Å². The molecular weight excluding hydrogens is 466 g/mol. The molecule has 0 bridgehead atoms. The summed E-state index contributed by atoms with van der Waals surface area (Å²) in [5.41, 5.74) is 2.78. The molecule has 0 fully saturated rings. The van der Waals surface area contributed by atoms with E-state index < -0.39 is 10.0 Å². The number of nitrogens with zero attached hydrogens (tertiary/aromatic N) is 2. The topological polar surface area (TPSA) is 69.7 Å². The number of nitrogens with one attached hydrogen (secondary N) is 1. The molecule has 0 saturated heterocycles. The summed E-state index contributed by atoms with van der Waals surface area (Å²) in [5.74, 6) is -0.208. The van der Waals surface area contributed by atoms with Crippen molar-refractivity contribution >= 4 is 44.6 Å². The Morgan fingerprint density at radius 1 is 1.19 bits per heavy atom. The second-order valence-electron chi connectivity index (χ2n) is 7.81. The van der Waals surface area contributed by atoms with E-state index in [1.54, 1.807) is 17.4 Å². The highest BCUT2D eigenvalue weighted by Crippen LogP contribution is 2.37. The Balaban J connectivity index is 1.55. The molecule has 1 aliphatic rings. The highest BCUT2D eigenvalue weighted by atomic mass is 35.5. The fourth-order valence-corrected chi connectivity index (χ4v) is 6.22. The van der Waals surface area contributed by atoms with E-state index in [1.165, 1.54) is 36.7 Å². The lowest BCUT2D eigenvalue weighted by Crippen LogP contribution is -2.40. The van der Waals surface area contributed by atoms with Crippen molar-refractivity contribution in [3.05, 3.63) is 81.0 Å². The van der Waals surface area contributed by atoms with E-state index in [0.717, 1.165) is 22.8 Å². The minimum Gasteiger partial charge on any atom is -0.325 e. The van der Waals surface area contributed by atoms with Crippen molar-refractivity contribution in [3.8, 4) is 0 Å². The highest BCUT2D eigenvalue weighted by molar-refractivity contribution is 7.89. The third kappa shape index (κ3) is 4.60. The first-order chi connectivity index (χ1) is 15.3. The van der Waals surface area contributed by atoms with Crippen LogP contribution in [0.5, 0.6) is 0 Å². The summed E-state index contributed by atoms with van der Waals surface area (Å²) in [4.78, 5) is 16.4. The number of carbonyl (C=O) groups is 1. The van der Waals surface area contributed by atoms with Crippen LogP contribution in [-0.4, -0.2) is 50.7 Å². The average molecular weight is 490 g/mol. The zero-order valence-electron chi connectivity index (χ0n) is 17.8. The molecule has 9 heteroatoms. The molecule has 1 aliphatic heterocycles. The number of anilines is 1.